The fourth-order valence-corrected chi connectivity index (χ4v) is 4.66. The van der Waals surface area contributed by atoms with Gasteiger partial charge in [0.15, 0.2) is 9.84 Å². The van der Waals surface area contributed by atoms with Gasteiger partial charge in [-0.05, 0) is 30.3 Å². The van der Waals surface area contributed by atoms with Gasteiger partial charge in [0.1, 0.15) is 23.9 Å². The summed E-state index contributed by atoms with van der Waals surface area (Å²) in [5, 5.41) is 2.13. The maximum absolute atomic E-state index is 13.3. The second-order valence-electron chi connectivity index (χ2n) is 7.90. The van der Waals surface area contributed by atoms with E-state index in [9.17, 15) is 17.6 Å². The molecular formula is C21H17B3FN3O5S. The summed E-state index contributed by atoms with van der Waals surface area (Å²) in [4.78, 5) is 18.2. The standard InChI is InChI=1S/C21H17B3FN3O5S/c22-21(23,24)19-16(18(27-33-19)13-1-4-15(25)5-2-13)12-32-17-6-3-14(11-26-17)20(29)28-7-9-34(30,31)10-8-28/h1-6,11H,7-10,12H2. The predicted molar refractivity (Wildman–Crippen MR) is 124 cm³/mol. The van der Waals surface area contributed by atoms with E-state index in [4.69, 9.17) is 32.8 Å². The topological polar surface area (TPSA) is 103 Å². The first-order valence-electron chi connectivity index (χ1n) is 10.2. The van der Waals surface area contributed by atoms with Gasteiger partial charge in [-0.3, -0.25) is 4.79 Å². The van der Waals surface area contributed by atoms with Crippen LogP contribution in [0.15, 0.2) is 47.1 Å². The highest BCUT2D eigenvalue weighted by Crippen LogP contribution is 2.30. The van der Waals surface area contributed by atoms with Crippen molar-refractivity contribution in [1.82, 2.24) is 15.0 Å². The predicted octanol–water partition coefficient (Wildman–Crippen LogP) is 0.941. The fourth-order valence-electron chi connectivity index (χ4n) is 3.45. The average Bonchev–Trinajstić information content (AvgIpc) is 3.23. The zero-order valence-electron chi connectivity index (χ0n) is 18.0. The Kier molecular flexibility index (Phi) is 6.57. The molecule has 13 heteroatoms. The number of sulfone groups is 1. The number of benzene rings is 1. The van der Waals surface area contributed by atoms with E-state index in [2.05, 4.69) is 10.1 Å². The van der Waals surface area contributed by atoms with Crippen LogP contribution in [0.25, 0.3) is 11.3 Å². The Bertz CT molecular complexity index is 1280. The molecule has 0 bridgehead atoms. The summed E-state index contributed by atoms with van der Waals surface area (Å²) in [6.45, 7) is 0.158. The Morgan fingerprint density at radius 1 is 1.12 bits per heavy atom. The van der Waals surface area contributed by atoms with Crippen LogP contribution in [-0.2, 0) is 21.6 Å². The first-order valence-corrected chi connectivity index (χ1v) is 12.1. The number of halogens is 1. The Morgan fingerprint density at radius 2 is 1.79 bits per heavy atom. The molecule has 2 aromatic heterocycles. The molecule has 0 spiro atoms. The summed E-state index contributed by atoms with van der Waals surface area (Å²) in [6, 6.07) is 8.59. The molecular weight excluding hydrogens is 458 g/mol. The largest absolute Gasteiger partial charge is 0.473 e. The van der Waals surface area contributed by atoms with Crippen molar-refractivity contribution in [3.05, 3.63) is 65.3 Å². The number of nitrogens with zero attached hydrogens (tertiary/aromatic N) is 3. The smallest absolute Gasteiger partial charge is 0.255 e. The van der Waals surface area contributed by atoms with E-state index in [1.807, 2.05) is 0 Å². The second kappa shape index (κ2) is 9.29. The lowest BCUT2D eigenvalue weighted by Gasteiger charge is -2.26. The van der Waals surface area contributed by atoms with Gasteiger partial charge in [0.2, 0.25) is 5.88 Å². The summed E-state index contributed by atoms with van der Waals surface area (Å²) >= 11 is 0. The van der Waals surface area contributed by atoms with Crippen LogP contribution in [0.4, 0.5) is 4.39 Å². The van der Waals surface area contributed by atoms with Crippen molar-refractivity contribution in [2.75, 3.05) is 24.6 Å². The second-order valence-corrected chi connectivity index (χ2v) is 10.2. The third-order valence-electron chi connectivity index (χ3n) is 5.28. The molecule has 34 heavy (non-hydrogen) atoms. The normalized spacial score (nSPS) is 15.7. The van der Waals surface area contributed by atoms with E-state index < -0.39 is 20.8 Å². The van der Waals surface area contributed by atoms with Crippen LogP contribution in [0.2, 0.25) is 0 Å². The van der Waals surface area contributed by atoms with Crippen molar-refractivity contribution in [3.8, 4) is 17.1 Å². The number of carbonyl (C=O) groups excluding carboxylic acids is 1. The van der Waals surface area contributed by atoms with Crippen LogP contribution in [-0.4, -0.2) is 77.5 Å². The molecule has 1 aromatic carbocycles. The van der Waals surface area contributed by atoms with Crippen LogP contribution >= 0.6 is 0 Å². The summed E-state index contributed by atoms with van der Waals surface area (Å²) in [5.41, 5.74) is 1.52. The third-order valence-corrected chi connectivity index (χ3v) is 6.89. The number of pyridine rings is 1. The zero-order valence-corrected chi connectivity index (χ0v) is 18.8. The lowest BCUT2D eigenvalue weighted by Crippen LogP contribution is -2.43. The van der Waals surface area contributed by atoms with E-state index in [-0.39, 0.29) is 48.7 Å². The number of aromatic nitrogens is 2. The number of hydrogen-bond donors (Lipinski definition) is 0. The van der Waals surface area contributed by atoms with Gasteiger partial charge in [-0.25, -0.2) is 17.8 Å². The van der Waals surface area contributed by atoms with Crippen LogP contribution in [0.3, 0.4) is 0 Å². The molecule has 1 saturated heterocycles. The summed E-state index contributed by atoms with van der Waals surface area (Å²) in [7, 11) is 14.3. The van der Waals surface area contributed by atoms with Gasteiger partial charge in [-0.1, -0.05) is 10.3 Å². The lowest BCUT2D eigenvalue weighted by atomic mass is 9.41. The fraction of sp³-hybridized carbons (Fsp3) is 0.286. The molecule has 6 radical (unpaired) electrons. The highest BCUT2D eigenvalue weighted by molar-refractivity contribution is 7.91. The molecule has 1 aliphatic rings. The van der Waals surface area contributed by atoms with E-state index in [0.717, 1.165) is 0 Å². The molecule has 0 saturated carbocycles. The quantitative estimate of drug-likeness (QED) is 0.490. The summed E-state index contributed by atoms with van der Waals surface area (Å²) < 4.78 is 47.4. The van der Waals surface area contributed by atoms with Gasteiger partial charge in [0.25, 0.3) is 5.91 Å². The van der Waals surface area contributed by atoms with E-state index >= 15 is 0 Å². The zero-order chi connectivity index (χ0) is 24.5. The van der Waals surface area contributed by atoms with Crippen molar-refractivity contribution in [2.24, 2.45) is 0 Å². The van der Waals surface area contributed by atoms with Crippen molar-refractivity contribution in [2.45, 2.75) is 11.7 Å². The van der Waals surface area contributed by atoms with Gasteiger partial charge < -0.3 is 14.2 Å². The molecule has 1 fully saturated rings. The molecule has 168 valence electrons. The molecule has 4 rings (SSSR count). The number of amides is 1. The van der Waals surface area contributed by atoms with Gasteiger partial charge in [-0.15, -0.1) is 0 Å². The van der Waals surface area contributed by atoms with Gasteiger partial charge in [0, 0.05) is 30.9 Å². The molecule has 0 atom stereocenters. The van der Waals surface area contributed by atoms with Gasteiger partial charge >= 0.3 is 0 Å². The molecule has 0 unspecified atom stereocenters. The van der Waals surface area contributed by atoms with Crippen molar-refractivity contribution < 1.29 is 26.9 Å². The Hall–Kier alpha value is -3.08. The minimum Gasteiger partial charge on any atom is -0.473 e. The lowest BCUT2D eigenvalue weighted by molar-refractivity contribution is 0.0769. The van der Waals surface area contributed by atoms with Crippen LogP contribution in [0.1, 0.15) is 21.7 Å². The molecule has 8 nitrogen and oxygen atoms in total. The van der Waals surface area contributed by atoms with Gasteiger partial charge in [0.05, 0.1) is 46.2 Å². The number of rotatable bonds is 6. The summed E-state index contributed by atoms with van der Waals surface area (Å²) in [5.74, 6) is -0.676. The molecule has 3 aromatic rings. The SMILES string of the molecule is [B]C([B])([B])c1onc(-c2ccc(F)cc2)c1COc1ccc(C(=O)N2CCS(=O)(=O)CC2)cn1. The molecule has 1 amide bonds. The summed E-state index contributed by atoms with van der Waals surface area (Å²) in [6.07, 6.45) is 1.34. The first-order chi connectivity index (χ1) is 16.0. The van der Waals surface area contributed by atoms with E-state index in [1.165, 1.54) is 47.5 Å². The first kappa shape index (κ1) is 24.1. The minimum absolute atomic E-state index is 0.0151. The number of carbonyl (C=O) groups is 1. The Labute approximate surface area is 200 Å². The maximum Gasteiger partial charge on any atom is 0.255 e. The van der Waals surface area contributed by atoms with Crippen LogP contribution in [0.5, 0.6) is 5.88 Å². The molecule has 0 N–H and O–H groups in total. The van der Waals surface area contributed by atoms with Crippen LogP contribution < -0.4 is 4.74 Å². The Morgan fingerprint density at radius 3 is 2.38 bits per heavy atom. The van der Waals surface area contributed by atoms with Crippen LogP contribution in [0, 0.1) is 5.82 Å². The van der Waals surface area contributed by atoms with Crippen molar-refractivity contribution in [1.29, 1.82) is 0 Å². The monoisotopic (exact) mass is 475 g/mol. The average molecular weight is 475 g/mol. The Balaban J connectivity index is 1.50. The number of hydrogen-bond acceptors (Lipinski definition) is 7. The maximum atomic E-state index is 13.3. The highest BCUT2D eigenvalue weighted by atomic mass is 32.2. The number of ether oxygens (including phenoxy) is 1. The third kappa shape index (κ3) is 5.35. The highest BCUT2D eigenvalue weighted by Gasteiger charge is 2.28. The molecule has 1 aliphatic heterocycles. The van der Waals surface area contributed by atoms with E-state index in [1.54, 1.807) is 0 Å². The minimum atomic E-state index is -3.09. The molecule has 3 heterocycles. The van der Waals surface area contributed by atoms with Gasteiger partial charge in [-0.2, -0.15) is 0 Å². The van der Waals surface area contributed by atoms with Crippen molar-refractivity contribution in [3.63, 3.8) is 0 Å². The molecule has 0 aliphatic carbocycles. The van der Waals surface area contributed by atoms with Crippen molar-refractivity contribution >= 4 is 39.3 Å². The van der Waals surface area contributed by atoms with E-state index in [0.29, 0.717) is 22.4 Å².